The molecule has 0 aliphatic heterocycles. The number of pyridine rings is 1. The first kappa shape index (κ1) is 13.3. The van der Waals surface area contributed by atoms with Crippen molar-refractivity contribution in [2.75, 3.05) is 16.6 Å². The van der Waals surface area contributed by atoms with Crippen LogP contribution in [0.1, 0.15) is 12.6 Å². The summed E-state index contributed by atoms with van der Waals surface area (Å²) < 4.78 is 31.1. The first-order valence-electron chi connectivity index (χ1n) is 5.67. The van der Waals surface area contributed by atoms with Crippen LogP contribution in [0.3, 0.4) is 0 Å². The van der Waals surface area contributed by atoms with Gasteiger partial charge in [0.15, 0.2) is 0 Å². The van der Waals surface area contributed by atoms with Crippen molar-refractivity contribution >= 4 is 21.7 Å². The van der Waals surface area contributed by atoms with Gasteiger partial charge in [0.25, 0.3) is 10.0 Å². The summed E-state index contributed by atoms with van der Waals surface area (Å²) in [5.74, 6) is 0.699. The second-order valence-corrected chi connectivity index (χ2v) is 5.53. The van der Waals surface area contributed by atoms with Gasteiger partial charge in [-0.1, -0.05) is 5.16 Å². The summed E-state index contributed by atoms with van der Waals surface area (Å²) in [6.07, 6.45) is 1.28. The van der Waals surface area contributed by atoms with E-state index in [1.807, 2.05) is 6.92 Å². The second-order valence-electron chi connectivity index (χ2n) is 3.85. The maximum Gasteiger partial charge on any atom is 0.265 e. The molecule has 0 aliphatic carbocycles. The van der Waals surface area contributed by atoms with Gasteiger partial charge in [-0.15, -0.1) is 0 Å². The number of rotatable bonds is 5. The average Bonchev–Trinajstić information content (AvgIpc) is 2.75. The Labute approximate surface area is 111 Å². The number of anilines is 2. The van der Waals surface area contributed by atoms with Crippen LogP contribution in [-0.4, -0.2) is 25.1 Å². The number of aromatic nitrogens is 2. The minimum absolute atomic E-state index is 0.0585. The molecule has 0 unspecified atom stereocenters. The van der Waals surface area contributed by atoms with Crippen molar-refractivity contribution in [2.45, 2.75) is 18.7 Å². The Morgan fingerprint density at radius 2 is 2.16 bits per heavy atom. The molecule has 8 heteroatoms. The Hall–Kier alpha value is -2.09. The van der Waals surface area contributed by atoms with E-state index < -0.39 is 10.0 Å². The molecular formula is C11H14N4O3S. The molecule has 19 heavy (non-hydrogen) atoms. The normalized spacial score (nSPS) is 11.3. The first-order valence-corrected chi connectivity index (χ1v) is 7.15. The highest BCUT2D eigenvalue weighted by Gasteiger charge is 2.16. The van der Waals surface area contributed by atoms with E-state index in [2.05, 4.69) is 20.2 Å². The lowest BCUT2D eigenvalue weighted by molar-refractivity contribution is 0.430. The van der Waals surface area contributed by atoms with Crippen molar-refractivity contribution in [3.63, 3.8) is 0 Å². The summed E-state index contributed by atoms with van der Waals surface area (Å²) in [6, 6.07) is 4.57. The van der Waals surface area contributed by atoms with Crippen LogP contribution in [0.25, 0.3) is 0 Å². The van der Waals surface area contributed by atoms with Crippen LogP contribution in [0, 0.1) is 6.92 Å². The van der Waals surface area contributed by atoms with Gasteiger partial charge in [-0.2, -0.15) is 0 Å². The number of nitrogens with one attached hydrogen (secondary N) is 2. The second kappa shape index (κ2) is 5.27. The zero-order chi connectivity index (χ0) is 13.9. The number of nitrogens with zero attached hydrogens (tertiary/aromatic N) is 2. The molecule has 0 radical (unpaired) electrons. The van der Waals surface area contributed by atoms with Gasteiger partial charge in [0.05, 0.1) is 5.69 Å². The van der Waals surface area contributed by atoms with Crippen molar-refractivity contribution in [1.29, 1.82) is 0 Å². The van der Waals surface area contributed by atoms with E-state index in [0.29, 0.717) is 18.1 Å². The molecule has 2 aromatic rings. The van der Waals surface area contributed by atoms with Gasteiger partial charge < -0.3 is 9.84 Å². The van der Waals surface area contributed by atoms with Gasteiger partial charge in [0, 0.05) is 18.8 Å². The van der Waals surface area contributed by atoms with Gasteiger partial charge in [0.2, 0.25) is 5.88 Å². The third kappa shape index (κ3) is 3.22. The maximum atomic E-state index is 12.0. The Bertz CT molecular complexity index is 649. The first-order chi connectivity index (χ1) is 9.01. The van der Waals surface area contributed by atoms with E-state index in [9.17, 15) is 8.42 Å². The highest BCUT2D eigenvalue weighted by atomic mass is 32.2. The van der Waals surface area contributed by atoms with E-state index in [1.54, 1.807) is 13.0 Å². The molecular weight excluding hydrogens is 268 g/mol. The summed E-state index contributed by atoms with van der Waals surface area (Å²) in [4.78, 5) is 4.06. The quantitative estimate of drug-likeness (QED) is 0.864. The van der Waals surface area contributed by atoms with Gasteiger partial charge in [-0.05, 0) is 26.0 Å². The highest BCUT2D eigenvalue weighted by molar-refractivity contribution is 7.92. The van der Waals surface area contributed by atoms with Crippen molar-refractivity contribution in [3.05, 3.63) is 30.1 Å². The molecule has 2 heterocycles. The van der Waals surface area contributed by atoms with Crippen LogP contribution in [-0.2, 0) is 10.0 Å². The van der Waals surface area contributed by atoms with Crippen LogP contribution in [0.5, 0.6) is 0 Å². The molecule has 0 aliphatic rings. The summed E-state index contributed by atoms with van der Waals surface area (Å²) in [5.41, 5.74) is 0.596. The minimum atomic E-state index is -3.71. The monoisotopic (exact) mass is 282 g/mol. The Balaban J connectivity index is 2.19. The zero-order valence-corrected chi connectivity index (χ0v) is 11.4. The highest BCUT2D eigenvalue weighted by Crippen LogP contribution is 2.17. The summed E-state index contributed by atoms with van der Waals surface area (Å²) >= 11 is 0. The Kier molecular flexibility index (Phi) is 3.70. The fourth-order valence-corrected chi connectivity index (χ4v) is 2.35. The standard InChI is InChI=1S/C11H14N4O3S/c1-3-12-10-5-4-9(7-13-10)19(16,17)15-11-6-8(2)14-18-11/h4-7,15H,3H2,1-2H3,(H,12,13). The molecule has 2 rings (SSSR count). The predicted octanol–water partition coefficient (Wildman–Crippen LogP) is 1.61. The summed E-state index contributed by atoms with van der Waals surface area (Å²) in [5, 5.41) is 6.59. The van der Waals surface area contributed by atoms with E-state index >= 15 is 0 Å². The van der Waals surface area contributed by atoms with Crippen molar-refractivity contribution < 1.29 is 12.9 Å². The molecule has 7 nitrogen and oxygen atoms in total. The predicted molar refractivity (Wildman–Crippen MR) is 70.4 cm³/mol. The van der Waals surface area contributed by atoms with E-state index in [-0.39, 0.29) is 10.8 Å². The summed E-state index contributed by atoms with van der Waals surface area (Å²) in [7, 11) is -3.71. The summed E-state index contributed by atoms with van der Waals surface area (Å²) in [6.45, 7) is 4.35. The SMILES string of the molecule is CCNc1ccc(S(=O)(=O)Nc2cc(C)no2)cn1. The molecule has 102 valence electrons. The van der Waals surface area contributed by atoms with Crippen LogP contribution < -0.4 is 10.0 Å². The molecule has 0 fully saturated rings. The van der Waals surface area contributed by atoms with E-state index in [1.165, 1.54) is 18.3 Å². The van der Waals surface area contributed by atoms with Crippen LogP contribution in [0.15, 0.2) is 33.8 Å². The third-order valence-electron chi connectivity index (χ3n) is 2.27. The molecule has 0 aromatic carbocycles. The lowest BCUT2D eigenvalue weighted by Crippen LogP contribution is -2.13. The number of aryl methyl sites for hydroxylation is 1. The third-order valence-corrected chi connectivity index (χ3v) is 3.60. The zero-order valence-electron chi connectivity index (χ0n) is 10.5. The van der Waals surface area contributed by atoms with Crippen molar-refractivity contribution in [2.24, 2.45) is 0 Å². The fourth-order valence-electron chi connectivity index (χ4n) is 1.43. The van der Waals surface area contributed by atoms with Crippen LogP contribution in [0.2, 0.25) is 0 Å². The van der Waals surface area contributed by atoms with Crippen LogP contribution in [0.4, 0.5) is 11.7 Å². The van der Waals surface area contributed by atoms with Gasteiger partial charge in [-0.3, -0.25) is 0 Å². The van der Waals surface area contributed by atoms with Gasteiger partial charge >= 0.3 is 0 Å². The molecule has 0 bridgehead atoms. The van der Waals surface area contributed by atoms with E-state index in [0.717, 1.165) is 0 Å². The molecule has 0 atom stereocenters. The lowest BCUT2D eigenvalue weighted by Gasteiger charge is -2.06. The lowest BCUT2D eigenvalue weighted by atomic mass is 10.4. The molecule has 2 N–H and O–H groups in total. The smallest absolute Gasteiger partial charge is 0.265 e. The number of hydrogen-bond acceptors (Lipinski definition) is 6. The molecule has 0 saturated heterocycles. The van der Waals surface area contributed by atoms with Gasteiger partial charge in [0.1, 0.15) is 10.7 Å². The topological polar surface area (TPSA) is 97.1 Å². The largest absolute Gasteiger partial charge is 0.370 e. The maximum absolute atomic E-state index is 12.0. The molecule has 0 amide bonds. The molecule has 0 spiro atoms. The number of hydrogen-bond donors (Lipinski definition) is 2. The molecule has 2 aromatic heterocycles. The van der Waals surface area contributed by atoms with Crippen molar-refractivity contribution in [3.8, 4) is 0 Å². The number of sulfonamides is 1. The Morgan fingerprint density at radius 1 is 1.37 bits per heavy atom. The minimum Gasteiger partial charge on any atom is -0.370 e. The van der Waals surface area contributed by atoms with Crippen molar-refractivity contribution in [1.82, 2.24) is 10.1 Å². The van der Waals surface area contributed by atoms with E-state index in [4.69, 9.17) is 4.52 Å². The fraction of sp³-hybridized carbons (Fsp3) is 0.273. The average molecular weight is 282 g/mol. The van der Waals surface area contributed by atoms with Gasteiger partial charge in [-0.25, -0.2) is 18.1 Å². The Morgan fingerprint density at radius 3 is 2.68 bits per heavy atom. The van der Waals surface area contributed by atoms with Crippen LogP contribution >= 0.6 is 0 Å². The molecule has 0 saturated carbocycles.